The van der Waals surface area contributed by atoms with Gasteiger partial charge in [-0.3, -0.25) is 0 Å². The topological polar surface area (TPSA) is 62.1 Å². The molecule has 6 nitrogen and oxygen atoms in total. The van der Waals surface area contributed by atoms with Gasteiger partial charge in [-0.05, 0) is 17.7 Å². The Labute approximate surface area is 116 Å². The van der Waals surface area contributed by atoms with Crippen LogP contribution in [0.2, 0.25) is 0 Å². The first-order valence-electron chi connectivity index (χ1n) is 6.15. The van der Waals surface area contributed by atoms with Gasteiger partial charge in [0.05, 0.1) is 27.0 Å². The molecule has 0 amide bonds. The SMILES string of the molecule is COc1ccc(Cn2ncc3c(OC)ncnc32)cc1. The van der Waals surface area contributed by atoms with E-state index < -0.39 is 0 Å². The monoisotopic (exact) mass is 270 g/mol. The van der Waals surface area contributed by atoms with E-state index in [0.717, 1.165) is 22.3 Å². The molecular weight excluding hydrogens is 256 g/mol. The Morgan fingerprint density at radius 3 is 2.55 bits per heavy atom. The molecule has 6 heteroatoms. The average Bonchev–Trinajstić information content (AvgIpc) is 2.91. The van der Waals surface area contributed by atoms with E-state index in [1.165, 1.54) is 6.33 Å². The lowest BCUT2D eigenvalue weighted by Crippen LogP contribution is -2.03. The number of fused-ring (bicyclic) bond motifs is 1. The zero-order valence-corrected chi connectivity index (χ0v) is 11.3. The molecule has 0 unspecified atom stereocenters. The minimum Gasteiger partial charge on any atom is -0.497 e. The Balaban J connectivity index is 1.94. The molecule has 0 aliphatic heterocycles. The van der Waals surface area contributed by atoms with Gasteiger partial charge in [0.25, 0.3) is 0 Å². The maximum Gasteiger partial charge on any atom is 0.227 e. The molecule has 20 heavy (non-hydrogen) atoms. The molecule has 0 fully saturated rings. The van der Waals surface area contributed by atoms with Gasteiger partial charge >= 0.3 is 0 Å². The van der Waals surface area contributed by atoms with Crippen molar-refractivity contribution in [3.63, 3.8) is 0 Å². The molecule has 0 bridgehead atoms. The van der Waals surface area contributed by atoms with Crippen molar-refractivity contribution in [2.24, 2.45) is 0 Å². The average molecular weight is 270 g/mol. The standard InChI is InChI=1S/C14H14N4O2/c1-19-11-5-3-10(4-6-11)8-18-13-12(7-17-18)14(20-2)16-9-15-13/h3-7,9H,8H2,1-2H3. The summed E-state index contributed by atoms with van der Waals surface area (Å²) in [5.74, 6) is 1.37. The molecule has 0 aliphatic rings. The molecule has 0 saturated heterocycles. The molecule has 0 N–H and O–H groups in total. The highest BCUT2D eigenvalue weighted by atomic mass is 16.5. The summed E-state index contributed by atoms with van der Waals surface area (Å²) in [5, 5.41) is 5.15. The van der Waals surface area contributed by atoms with Crippen LogP contribution in [0.25, 0.3) is 11.0 Å². The molecule has 3 rings (SSSR count). The second-order valence-corrected chi connectivity index (χ2v) is 4.27. The lowest BCUT2D eigenvalue weighted by molar-refractivity contribution is 0.402. The quantitative estimate of drug-likeness (QED) is 0.724. The summed E-state index contributed by atoms with van der Waals surface area (Å²) in [4.78, 5) is 8.33. The normalized spacial score (nSPS) is 10.7. The van der Waals surface area contributed by atoms with E-state index in [1.807, 2.05) is 28.9 Å². The fourth-order valence-electron chi connectivity index (χ4n) is 2.05. The van der Waals surface area contributed by atoms with Crippen molar-refractivity contribution in [1.29, 1.82) is 0 Å². The van der Waals surface area contributed by atoms with Crippen LogP contribution in [0.4, 0.5) is 0 Å². The zero-order valence-electron chi connectivity index (χ0n) is 11.3. The van der Waals surface area contributed by atoms with Crippen molar-refractivity contribution in [3.8, 4) is 11.6 Å². The van der Waals surface area contributed by atoms with E-state index >= 15 is 0 Å². The van der Waals surface area contributed by atoms with Gasteiger partial charge in [-0.2, -0.15) is 5.10 Å². The van der Waals surface area contributed by atoms with Crippen LogP contribution in [0.1, 0.15) is 5.56 Å². The fourth-order valence-corrected chi connectivity index (χ4v) is 2.05. The van der Waals surface area contributed by atoms with E-state index in [4.69, 9.17) is 9.47 Å². The summed E-state index contributed by atoms with van der Waals surface area (Å²) in [6, 6.07) is 7.86. The van der Waals surface area contributed by atoms with Crippen LogP contribution in [0.15, 0.2) is 36.8 Å². The van der Waals surface area contributed by atoms with Gasteiger partial charge in [0, 0.05) is 0 Å². The van der Waals surface area contributed by atoms with E-state index in [9.17, 15) is 0 Å². The van der Waals surface area contributed by atoms with Crippen LogP contribution >= 0.6 is 0 Å². The Hall–Kier alpha value is -2.63. The summed E-state index contributed by atoms with van der Waals surface area (Å²) in [5.41, 5.74) is 1.88. The van der Waals surface area contributed by atoms with Gasteiger partial charge in [-0.15, -0.1) is 0 Å². The third-order valence-electron chi connectivity index (χ3n) is 3.08. The molecule has 0 spiro atoms. The van der Waals surface area contributed by atoms with Gasteiger partial charge in [-0.1, -0.05) is 12.1 Å². The Bertz CT molecular complexity index is 722. The van der Waals surface area contributed by atoms with E-state index in [1.54, 1.807) is 20.4 Å². The van der Waals surface area contributed by atoms with E-state index in [2.05, 4.69) is 15.1 Å². The third-order valence-corrected chi connectivity index (χ3v) is 3.08. The highest BCUT2D eigenvalue weighted by Gasteiger charge is 2.10. The second-order valence-electron chi connectivity index (χ2n) is 4.27. The van der Waals surface area contributed by atoms with E-state index in [0.29, 0.717) is 12.4 Å². The Kier molecular flexibility index (Phi) is 3.20. The van der Waals surface area contributed by atoms with Crippen molar-refractivity contribution in [2.75, 3.05) is 14.2 Å². The molecule has 3 aromatic rings. The predicted octanol–water partition coefficient (Wildman–Crippen LogP) is 1.89. The molecule has 0 saturated carbocycles. The zero-order chi connectivity index (χ0) is 13.9. The smallest absolute Gasteiger partial charge is 0.227 e. The number of hydrogen-bond donors (Lipinski definition) is 0. The first-order chi connectivity index (χ1) is 9.81. The minimum atomic E-state index is 0.538. The summed E-state index contributed by atoms with van der Waals surface area (Å²) in [6.07, 6.45) is 3.20. The number of aromatic nitrogens is 4. The van der Waals surface area contributed by atoms with Crippen LogP contribution in [-0.4, -0.2) is 34.0 Å². The second kappa shape index (κ2) is 5.16. The lowest BCUT2D eigenvalue weighted by atomic mass is 10.2. The first-order valence-corrected chi connectivity index (χ1v) is 6.15. The fraction of sp³-hybridized carbons (Fsp3) is 0.214. The van der Waals surface area contributed by atoms with Gasteiger partial charge in [0.15, 0.2) is 5.65 Å². The van der Waals surface area contributed by atoms with Gasteiger partial charge < -0.3 is 9.47 Å². The van der Waals surface area contributed by atoms with Crippen LogP contribution < -0.4 is 9.47 Å². The minimum absolute atomic E-state index is 0.538. The largest absolute Gasteiger partial charge is 0.497 e. The number of hydrogen-bond acceptors (Lipinski definition) is 5. The molecule has 0 aliphatic carbocycles. The molecule has 0 atom stereocenters. The molecule has 2 aromatic heterocycles. The number of nitrogens with zero attached hydrogens (tertiary/aromatic N) is 4. The summed E-state index contributed by atoms with van der Waals surface area (Å²) < 4.78 is 12.2. The number of benzene rings is 1. The maximum absolute atomic E-state index is 5.20. The highest BCUT2D eigenvalue weighted by Crippen LogP contribution is 2.21. The summed E-state index contributed by atoms with van der Waals surface area (Å²) in [7, 11) is 3.24. The molecule has 2 heterocycles. The lowest BCUT2D eigenvalue weighted by Gasteiger charge is -2.05. The van der Waals surface area contributed by atoms with E-state index in [-0.39, 0.29) is 0 Å². The third kappa shape index (κ3) is 2.16. The summed E-state index contributed by atoms with van der Waals surface area (Å²) in [6.45, 7) is 0.633. The van der Waals surface area contributed by atoms with Gasteiger partial charge in [0.1, 0.15) is 17.5 Å². The first kappa shape index (κ1) is 12.4. The van der Waals surface area contributed by atoms with Crippen molar-refractivity contribution in [3.05, 3.63) is 42.4 Å². The van der Waals surface area contributed by atoms with Gasteiger partial charge in [0.2, 0.25) is 5.88 Å². The molecule has 102 valence electrons. The highest BCUT2D eigenvalue weighted by molar-refractivity contribution is 5.79. The number of methoxy groups -OCH3 is 2. The molecule has 1 aromatic carbocycles. The van der Waals surface area contributed by atoms with Crippen molar-refractivity contribution in [2.45, 2.75) is 6.54 Å². The number of rotatable bonds is 4. The van der Waals surface area contributed by atoms with Crippen LogP contribution in [0, 0.1) is 0 Å². The van der Waals surface area contributed by atoms with Crippen molar-refractivity contribution in [1.82, 2.24) is 19.7 Å². The van der Waals surface area contributed by atoms with Crippen molar-refractivity contribution >= 4 is 11.0 Å². The van der Waals surface area contributed by atoms with Crippen molar-refractivity contribution < 1.29 is 9.47 Å². The maximum atomic E-state index is 5.20. The van der Waals surface area contributed by atoms with Gasteiger partial charge in [-0.25, -0.2) is 14.6 Å². The van der Waals surface area contributed by atoms with Crippen LogP contribution in [0.5, 0.6) is 11.6 Å². The summed E-state index contributed by atoms with van der Waals surface area (Å²) >= 11 is 0. The molecular formula is C14H14N4O2. The molecule has 0 radical (unpaired) electrons. The predicted molar refractivity (Wildman–Crippen MR) is 74.0 cm³/mol. The van der Waals surface area contributed by atoms with Crippen LogP contribution in [-0.2, 0) is 6.54 Å². The van der Waals surface area contributed by atoms with Crippen LogP contribution in [0.3, 0.4) is 0 Å². The Morgan fingerprint density at radius 1 is 1.05 bits per heavy atom. The Morgan fingerprint density at radius 2 is 1.85 bits per heavy atom. The number of ether oxygens (including phenoxy) is 2.